The highest BCUT2D eigenvalue weighted by Crippen LogP contribution is 2.03. The maximum Gasteiger partial charge on any atom is 0.327 e. The highest BCUT2D eigenvalue weighted by molar-refractivity contribution is 7.99. The average Bonchev–Trinajstić information content (AvgIpc) is 2.09. The maximum atomic E-state index is 10.6. The second kappa shape index (κ2) is 7.64. The van der Waals surface area contributed by atoms with Gasteiger partial charge >= 0.3 is 5.97 Å². The lowest BCUT2D eigenvalue weighted by molar-refractivity contribution is -0.140. The zero-order valence-electron chi connectivity index (χ0n) is 8.28. The zero-order valence-corrected chi connectivity index (χ0v) is 9.10. The smallest absolute Gasteiger partial charge is 0.327 e. The summed E-state index contributed by atoms with van der Waals surface area (Å²) in [5.74, 6) is -0.257. The van der Waals surface area contributed by atoms with Crippen molar-refractivity contribution in [3.8, 4) is 0 Å². The number of rotatable bonds is 7. The van der Waals surface area contributed by atoms with Crippen LogP contribution in [0.15, 0.2) is 0 Å². The molecule has 5 nitrogen and oxygen atoms in total. The summed E-state index contributed by atoms with van der Waals surface area (Å²) >= 11 is 1.44. The first-order chi connectivity index (χ1) is 6.57. The Morgan fingerprint density at radius 2 is 2.21 bits per heavy atom. The van der Waals surface area contributed by atoms with E-state index in [1.54, 1.807) is 7.11 Å². The maximum absolute atomic E-state index is 10.6. The van der Waals surface area contributed by atoms with Crippen LogP contribution in [0.3, 0.4) is 0 Å². The molecular formula is C8H15NO4S. The highest BCUT2D eigenvalue weighted by atomic mass is 32.2. The first-order valence-electron chi connectivity index (χ1n) is 4.14. The Bertz CT molecular complexity index is 198. The van der Waals surface area contributed by atoms with E-state index >= 15 is 0 Å². The first-order valence-corrected chi connectivity index (χ1v) is 5.30. The number of hydrogen-bond acceptors (Lipinski definition) is 4. The number of carboxylic acids is 1. The number of amides is 1. The molecule has 0 heterocycles. The molecule has 6 heteroatoms. The summed E-state index contributed by atoms with van der Waals surface area (Å²) in [6.07, 6.45) is 0. The molecule has 0 unspecified atom stereocenters. The van der Waals surface area contributed by atoms with E-state index < -0.39 is 12.0 Å². The minimum atomic E-state index is -1.01. The van der Waals surface area contributed by atoms with E-state index in [1.165, 1.54) is 18.7 Å². The number of hydrogen-bond donors (Lipinski definition) is 2. The summed E-state index contributed by atoms with van der Waals surface area (Å²) < 4.78 is 4.81. The lowest BCUT2D eigenvalue weighted by Gasteiger charge is -2.12. The van der Waals surface area contributed by atoms with E-state index in [2.05, 4.69) is 5.32 Å². The van der Waals surface area contributed by atoms with Crippen LogP contribution in [0.4, 0.5) is 0 Å². The number of nitrogens with one attached hydrogen (secondary N) is 1. The van der Waals surface area contributed by atoms with Crippen molar-refractivity contribution in [2.75, 3.05) is 25.2 Å². The fraction of sp³-hybridized carbons (Fsp3) is 0.750. The van der Waals surface area contributed by atoms with Crippen LogP contribution < -0.4 is 5.32 Å². The molecule has 0 radical (unpaired) electrons. The minimum absolute atomic E-state index is 0.329. The van der Waals surface area contributed by atoms with E-state index in [9.17, 15) is 9.59 Å². The topological polar surface area (TPSA) is 75.6 Å². The molecule has 2 N–H and O–H groups in total. The molecule has 0 fully saturated rings. The SMILES string of the molecule is COCCSC[C@H](NC(C)=O)C(=O)O. The van der Waals surface area contributed by atoms with Gasteiger partial charge < -0.3 is 15.2 Å². The Kier molecular flexibility index (Phi) is 7.23. The number of carboxylic acid groups (broad SMARTS) is 1. The van der Waals surface area contributed by atoms with Crippen molar-refractivity contribution >= 4 is 23.6 Å². The third-order valence-electron chi connectivity index (χ3n) is 1.39. The summed E-state index contributed by atoms with van der Waals surface area (Å²) in [6.45, 7) is 1.88. The lowest BCUT2D eigenvalue weighted by atomic mass is 10.3. The van der Waals surface area contributed by atoms with Crippen molar-refractivity contribution in [3.63, 3.8) is 0 Å². The Morgan fingerprint density at radius 1 is 1.57 bits per heavy atom. The van der Waals surface area contributed by atoms with Crippen molar-refractivity contribution < 1.29 is 19.4 Å². The predicted molar refractivity (Wildman–Crippen MR) is 54.4 cm³/mol. The molecule has 0 aliphatic rings. The van der Waals surface area contributed by atoms with Crippen LogP contribution in [0.5, 0.6) is 0 Å². The molecule has 0 rings (SSSR count). The van der Waals surface area contributed by atoms with Crippen molar-refractivity contribution in [3.05, 3.63) is 0 Å². The predicted octanol–water partition coefficient (Wildman–Crippen LogP) is -0.0447. The Hall–Kier alpha value is -0.750. The van der Waals surface area contributed by atoms with Gasteiger partial charge in [0.1, 0.15) is 6.04 Å². The lowest BCUT2D eigenvalue weighted by Crippen LogP contribution is -2.41. The molecule has 0 saturated carbocycles. The molecule has 0 aromatic heterocycles. The highest BCUT2D eigenvalue weighted by Gasteiger charge is 2.17. The van der Waals surface area contributed by atoms with Crippen molar-refractivity contribution in [2.24, 2.45) is 0 Å². The van der Waals surface area contributed by atoms with Crippen LogP contribution in [0.2, 0.25) is 0 Å². The molecule has 0 spiro atoms. The van der Waals surface area contributed by atoms with E-state index in [0.29, 0.717) is 12.4 Å². The number of ether oxygens (including phenoxy) is 1. The molecule has 0 saturated heterocycles. The van der Waals surface area contributed by atoms with Crippen LogP contribution in [0.1, 0.15) is 6.92 Å². The van der Waals surface area contributed by atoms with E-state index in [0.717, 1.165) is 5.75 Å². The molecule has 0 aliphatic carbocycles. The fourth-order valence-electron chi connectivity index (χ4n) is 0.763. The van der Waals surface area contributed by atoms with E-state index in [4.69, 9.17) is 9.84 Å². The van der Waals surface area contributed by atoms with Crippen LogP contribution >= 0.6 is 11.8 Å². The van der Waals surface area contributed by atoms with Gasteiger partial charge in [0.05, 0.1) is 6.61 Å². The van der Waals surface area contributed by atoms with Gasteiger partial charge in [-0.2, -0.15) is 11.8 Å². The normalized spacial score (nSPS) is 12.1. The molecule has 14 heavy (non-hydrogen) atoms. The third kappa shape index (κ3) is 6.73. The van der Waals surface area contributed by atoms with Crippen molar-refractivity contribution in [1.82, 2.24) is 5.32 Å². The number of carbonyl (C=O) groups excluding carboxylic acids is 1. The standard InChI is InChI=1S/C8H15NO4S/c1-6(10)9-7(8(11)12)5-14-4-3-13-2/h7H,3-5H2,1-2H3,(H,9,10)(H,11,12)/t7-/m0/s1. The van der Waals surface area contributed by atoms with Crippen LogP contribution in [-0.4, -0.2) is 48.2 Å². The summed E-state index contributed by atoms with van der Waals surface area (Å²) in [5.41, 5.74) is 0. The van der Waals surface area contributed by atoms with Crippen LogP contribution in [-0.2, 0) is 14.3 Å². The summed E-state index contributed by atoms with van der Waals surface area (Å²) in [6, 6.07) is -0.811. The third-order valence-corrected chi connectivity index (χ3v) is 2.42. The molecule has 0 aromatic rings. The fourth-order valence-corrected chi connectivity index (χ4v) is 1.68. The Balaban J connectivity index is 3.74. The van der Waals surface area contributed by atoms with E-state index in [-0.39, 0.29) is 5.91 Å². The first kappa shape index (κ1) is 13.2. The van der Waals surface area contributed by atoms with Gasteiger partial charge in [0.2, 0.25) is 5.91 Å². The molecule has 0 aliphatic heterocycles. The van der Waals surface area contributed by atoms with Gasteiger partial charge in [0, 0.05) is 25.5 Å². The van der Waals surface area contributed by atoms with Crippen LogP contribution in [0.25, 0.3) is 0 Å². The molecular weight excluding hydrogens is 206 g/mol. The Labute approximate surface area is 87.2 Å². The molecule has 0 bridgehead atoms. The minimum Gasteiger partial charge on any atom is -0.480 e. The quantitative estimate of drug-likeness (QED) is 0.590. The number of aliphatic carboxylic acids is 1. The second-order valence-electron chi connectivity index (χ2n) is 2.66. The average molecular weight is 221 g/mol. The largest absolute Gasteiger partial charge is 0.480 e. The number of methoxy groups -OCH3 is 1. The molecule has 1 atom stereocenters. The van der Waals surface area contributed by atoms with Gasteiger partial charge in [0.25, 0.3) is 0 Å². The summed E-state index contributed by atoms with van der Waals surface area (Å²) in [7, 11) is 1.59. The van der Waals surface area contributed by atoms with E-state index in [1.807, 2.05) is 0 Å². The zero-order chi connectivity index (χ0) is 11.0. The van der Waals surface area contributed by atoms with Crippen LogP contribution in [0, 0.1) is 0 Å². The number of carbonyl (C=O) groups is 2. The molecule has 1 amide bonds. The van der Waals surface area contributed by atoms with Gasteiger partial charge in [-0.3, -0.25) is 4.79 Å². The summed E-state index contributed by atoms with van der Waals surface area (Å²) in [5, 5.41) is 11.1. The van der Waals surface area contributed by atoms with Gasteiger partial charge in [-0.05, 0) is 0 Å². The van der Waals surface area contributed by atoms with Gasteiger partial charge in [-0.25, -0.2) is 4.79 Å². The Morgan fingerprint density at radius 3 is 2.64 bits per heavy atom. The van der Waals surface area contributed by atoms with Crippen molar-refractivity contribution in [2.45, 2.75) is 13.0 Å². The number of thioether (sulfide) groups is 1. The summed E-state index contributed by atoms with van der Waals surface area (Å²) in [4.78, 5) is 21.3. The van der Waals surface area contributed by atoms with Gasteiger partial charge in [-0.15, -0.1) is 0 Å². The van der Waals surface area contributed by atoms with Gasteiger partial charge in [-0.1, -0.05) is 0 Å². The second-order valence-corrected chi connectivity index (χ2v) is 3.81. The molecule has 0 aromatic carbocycles. The molecule has 82 valence electrons. The van der Waals surface area contributed by atoms with Gasteiger partial charge in [0.15, 0.2) is 0 Å². The van der Waals surface area contributed by atoms with Crippen molar-refractivity contribution in [1.29, 1.82) is 0 Å². The monoisotopic (exact) mass is 221 g/mol.